The van der Waals surface area contributed by atoms with E-state index in [9.17, 15) is 4.79 Å². The second-order valence-corrected chi connectivity index (χ2v) is 6.09. The Morgan fingerprint density at radius 1 is 1.26 bits per heavy atom. The van der Waals surface area contributed by atoms with Gasteiger partial charge in [0.2, 0.25) is 0 Å². The molecule has 3 rings (SSSR count). The van der Waals surface area contributed by atoms with Crippen molar-refractivity contribution in [1.82, 2.24) is 10.2 Å². The van der Waals surface area contributed by atoms with Crippen molar-refractivity contribution in [3.05, 3.63) is 29.8 Å². The van der Waals surface area contributed by atoms with E-state index in [0.717, 1.165) is 32.1 Å². The quantitative estimate of drug-likeness (QED) is 0.661. The summed E-state index contributed by atoms with van der Waals surface area (Å²) in [5.41, 5.74) is 1.29. The molecule has 1 aliphatic carbocycles. The molecule has 0 aromatic heterocycles. The number of esters is 1. The summed E-state index contributed by atoms with van der Waals surface area (Å²) < 4.78 is 5.25. The lowest BCUT2D eigenvalue weighted by molar-refractivity contribution is -0.131. The third-order valence-electron chi connectivity index (χ3n) is 4.60. The van der Waals surface area contributed by atoms with Crippen molar-refractivity contribution in [3.63, 3.8) is 0 Å². The molecular weight excluding hydrogens is 335 g/mol. The molecule has 4 nitrogen and oxygen atoms in total. The molecule has 1 aromatic carbocycles. The van der Waals surface area contributed by atoms with Crippen molar-refractivity contribution in [2.45, 2.75) is 32.2 Å². The number of rotatable bonds is 4. The van der Waals surface area contributed by atoms with Crippen molar-refractivity contribution in [2.24, 2.45) is 5.92 Å². The van der Waals surface area contributed by atoms with E-state index in [-0.39, 0.29) is 30.8 Å². The van der Waals surface area contributed by atoms with Crippen LogP contribution in [-0.2, 0) is 4.79 Å². The number of nitrogens with zero attached hydrogens (tertiary/aromatic N) is 1. The lowest BCUT2D eigenvalue weighted by Crippen LogP contribution is -2.47. The van der Waals surface area contributed by atoms with Crippen LogP contribution in [0.5, 0.6) is 5.75 Å². The lowest BCUT2D eigenvalue weighted by Gasteiger charge is -2.43. The van der Waals surface area contributed by atoms with Crippen LogP contribution >= 0.6 is 24.8 Å². The summed E-state index contributed by atoms with van der Waals surface area (Å²) in [6, 6.07) is 8.56. The average molecular weight is 361 g/mol. The summed E-state index contributed by atoms with van der Waals surface area (Å²) in [5.74, 6) is 1.16. The first-order chi connectivity index (χ1) is 10.2. The van der Waals surface area contributed by atoms with Crippen LogP contribution in [-0.4, -0.2) is 37.0 Å². The Kier molecular flexibility index (Phi) is 8.34. The number of nitrogens with one attached hydrogen (secondary N) is 1. The maximum atomic E-state index is 11.2. The van der Waals surface area contributed by atoms with E-state index < -0.39 is 0 Å². The van der Waals surface area contributed by atoms with Gasteiger partial charge in [0.15, 0.2) is 0 Å². The number of carbonyl (C=O) groups excluding carboxylic acids is 1. The number of piperazine rings is 1. The monoisotopic (exact) mass is 360 g/mol. The highest BCUT2D eigenvalue weighted by molar-refractivity contribution is 5.85. The molecule has 0 amide bonds. The second kappa shape index (κ2) is 9.48. The van der Waals surface area contributed by atoms with Gasteiger partial charge in [-0.25, -0.2) is 0 Å². The molecular formula is C17H26Cl2N2O2. The molecule has 1 saturated carbocycles. The first-order valence-electron chi connectivity index (χ1n) is 7.97. The minimum Gasteiger partial charge on any atom is -0.427 e. The largest absolute Gasteiger partial charge is 0.427 e. The Morgan fingerprint density at radius 2 is 1.96 bits per heavy atom. The first-order valence-corrected chi connectivity index (χ1v) is 7.97. The Bertz CT molecular complexity index is 503. The van der Waals surface area contributed by atoms with Gasteiger partial charge < -0.3 is 10.1 Å². The van der Waals surface area contributed by atoms with Crippen LogP contribution in [0.4, 0.5) is 0 Å². The molecule has 2 aliphatic rings. The van der Waals surface area contributed by atoms with Gasteiger partial charge >= 0.3 is 5.97 Å². The molecule has 1 aromatic rings. The van der Waals surface area contributed by atoms with E-state index in [0.29, 0.717) is 11.8 Å². The smallest absolute Gasteiger partial charge is 0.308 e. The van der Waals surface area contributed by atoms with Gasteiger partial charge in [0.05, 0.1) is 0 Å². The van der Waals surface area contributed by atoms with Crippen LogP contribution in [0, 0.1) is 5.92 Å². The van der Waals surface area contributed by atoms with Gasteiger partial charge in [0.25, 0.3) is 0 Å². The van der Waals surface area contributed by atoms with E-state index in [2.05, 4.69) is 16.3 Å². The Labute approximate surface area is 150 Å². The highest BCUT2D eigenvalue weighted by Crippen LogP contribution is 2.42. The zero-order chi connectivity index (χ0) is 14.7. The molecule has 1 N–H and O–H groups in total. The molecule has 1 heterocycles. The lowest BCUT2D eigenvalue weighted by atomic mass is 9.76. The van der Waals surface area contributed by atoms with E-state index >= 15 is 0 Å². The van der Waals surface area contributed by atoms with Gasteiger partial charge in [-0.1, -0.05) is 18.6 Å². The molecule has 0 spiro atoms. The molecule has 1 saturated heterocycles. The third-order valence-corrected chi connectivity index (χ3v) is 4.60. The zero-order valence-electron chi connectivity index (χ0n) is 13.5. The van der Waals surface area contributed by atoms with Crippen LogP contribution in [0.25, 0.3) is 0 Å². The highest BCUT2D eigenvalue weighted by atomic mass is 35.5. The van der Waals surface area contributed by atoms with E-state index in [4.69, 9.17) is 4.74 Å². The molecule has 1 aliphatic heterocycles. The number of ether oxygens (including phenoxy) is 1. The fraction of sp³-hybridized carbons (Fsp3) is 0.588. The van der Waals surface area contributed by atoms with Crippen LogP contribution in [0.1, 0.15) is 37.8 Å². The minimum absolute atomic E-state index is 0. The van der Waals surface area contributed by atoms with Crippen molar-refractivity contribution in [1.29, 1.82) is 0 Å². The SMILES string of the molecule is CC(=O)Oc1cccc([C@@H](C2CCC2)N2CCNCC2)c1.Cl.Cl. The predicted octanol–water partition coefficient (Wildman–Crippen LogP) is 3.20. The average Bonchev–Trinajstić information content (AvgIpc) is 2.43. The van der Waals surface area contributed by atoms with E-state index in [1.807, 2.05) is 18.2 Å². The van der Waals surface area contributed by atoms with Crippen molar-refractivity contribution >= 4 is 30.8 Å². The maximum Gasteiger partial charge on any atom is 0.308 e. The number of hydrogen-bond acceptors (Lipinski definition) is 4. The zero-order valence-corrected chi connectivity index (χ0v) is 15.1. The van der Waals surface area contributed by atoms with Crippen molar-refractivity contribution < 1.29 is 9.53 Å². The van der Waals surface area contributed by atoms with Crippen LogP contribution in [0.15, 0.2) is 24.3 Å². The summed E-state index contributed by atoms with van der Waals surface area (Å²) in [6.45, 7) is 5.77. The highest BCUT2D eigenvalue weighted by Gasteiger charge is 2.33. The number of halogens is 2. The molecule has 23 heavy (non-hydrogen) atoms. The molecule has 130 valence electrons. The Hall–Kier alpha value is -0.810. The fourth-order valence-electron chi connectivity index (χ4n) is 3.42. The van der Waals surface area contributed by atoms with Crippen molar-refractivity contribution in [3.8, 4) is 5.75 Å². The topological polar surface area (TPSA) is 41.6 Å². The van der Waals surface area contributed by atoms with Gasteiger partial charge in [-0.15, -0.1) is 24.8 Å². The summed E-state index contributed by atoms with van der Waals surface area (Å²) in [6.07, 6.45) is 3.97. The fourth-order valence-corrected chi connectivity index (χ4v) is 3.42. The molecule has 6 heteroatoms. The van der Waals surface area contributed by atoms with Gasteiger partial charge in [-0.3, -0.25) is 9.69 Å². The molecule has 1 atom stereocenters. The summed E-state index contributed by atoms with van der Waals surface area (Å²) in [7, 11) is 0. The molecule has 0 radical (unpaired) electrons. The molecule has 2 fully saturated rings. The van der Waals surface area contributed by atoms with E-state index in [1.54, 1.807) is 0 Å². The maximum absolute atomic E-state index is 11.2. The van der Waals surface area contributed by atoms with Crippen LogP contribution in [0.3, 0.4) is 0 Å². The van der Waals surface area contributed by atoms with Crippen LogP contribution < -0.4 is 10.1 Å². The Morgan fingerprint density at radius 3 is 2.52 bits per heavy atom. The van der Waals surface area contributed by atoms with Gasteiger partial charge in [0.1, 0.15) is 5.75 Å². The van der Waals surface area contributed by atoms with E-state index in [1.165, 1.54) is 31.7 Å². The number of hydrogen-bond donors (Lipinski definition) is 1. The van der Waals surface area contributed by atoms with Crippen LogP contribution in [0.2, 0.25) is 0 Å². The standard InChI is InChI=1S/C17H24N2O2.2ClH/c1-13(20)21-16-7-3-6-15(12-16)17(14-4-2-5-14)19-10-8-18-9-11-19;;/h3,6-7,12,14,17-18H,2,4-5,8-11H2,1H3;2*1H/t17-;;/m1../s1. The summed E-state index contributed by atoms with van der Waals surface area (Å²) in [5, 5.41) is 3.42. The normalized spacial score (nSPS) is 19.7. The summed E-state index contributed by atoms with van der Waals surface area (Å²) in [4.78, 5) is 13.7. The minimum atomic E-state index is -0.255. The van der Waals surface area contributed by atoms with Crippen molar-refractivity contribution in [2.75, 3.05) is 26.2 Å². The van der Waals surface area contributed by atoms with Gasteiger partial charge in [-0.05, 0) is 36.5 Å². The predicted molar refractivity (Wildman–Crippen MR) is 96.8 cm³/mol. The summed E-state index contributed by atoms with van der Waals surface area (Å²) >= 11 is 0. The third kappa shape index (κ3) is 5.08. The molecule has 0 bridgehead atoms. The second-order valence-electron chi connectivity index (χ2n) is 6.09. The van der Waals surface area contributed by atoms with Gasteiger partial charge in [-0.2, -0.15) is 0 Å². The number of carbonyl (C=O) groups is 1. The Balaban J connectivity index is 0.00000132. The first kappa shape index (κ1) is 20.2. The van der Waals surface area contributed by atoms with Gasteiger partial charge in [0, 0.05) is 39.1 Å². The molecule has 0 unspecified atom stereocenters. The number of benzene rings is 1.